The molecular formula is C18H27N3. The van der Waals surface area contributed by atoms with E-state index in [0.29, 0.717) is 11.5 Å². The van der Waals surface area contributed by atoms with Crippen LogP contribution in [0.15, 0.2) is 24.4 Å². The number of hydrogen-bond donors (Lipinski definition) is 2. The van der Waals surface area contributed by atoms with Gasteiger partial charge in [-0.05, 0) is 43.1 Å². The number of rotatable bonds is 4. The lowest BCUT2D eigenvalue weighted by Gasteiger charge is -2.39. The van der Waals surface area contributed by atoms with Gasteiger partial charge in [-0.2, -0.15) is 5.10 Å². The molecule has 0 amide bonds. The standard InChI is InChI=1S/C18H27N3/c1-4-18(2,3)14-8-10-15(11-9-14)20-16-7-5-6-13-12-19-21-17(13)16/h5-7,12,14-15,20H,4,8-11H2,1-3H3,(H,19,21). The van der Waals surface area contributed by atoms with Crippen molar-refractivity contribution in [2.24, 2.45) is 11.3 Å². The second-order valence-corrected chi connectivity index (χ2v) is 7.17. The van der Waals surface area contributed by atoms with Crippen LogP contribution < -0.4 is 5.32 Å². The van der Waals surface area contributed by atoms with E-state index in [0.717, 1.165) is 11.4 Å². The highest BCUT2D eigenvalue weighted by Crippen LogP contribution is 2.41. The molecule has 0 radical (unpaired) electrons. The van der Waals surface area contributed by atoms with E-state index in [-0.39, 0.29) is 0 Å². The highest BCUT2D eigenvalue weighted by Gasteiger charge is 2.31. The number of fused-ring (bicyclic) bond motifs is 1. The van der Waals surface area contributed by atoms with E-state index in [9.17, 15) is 0 Å². The van der Waals surface area contributed by atoms with Gasteiger partial charge in [0.25, 0.3) is 0 Å². The van der Waals surface area contributed by atoms with Crippen molar-refractivity contribution >= 4 is 16.6 Å². The molecule has 0 saturated heterocycles. The van der Waals surface area contributed by atoms with E-state index in [1.807, 2.05) is 6.20 Å². The maximum absolute atomic E-state index is 4.15. The third-order valence-corrected chi connectivity index (χ3v) is 5.58. The molecule has 1 fully saturated rings. The van der Waals surface area contributed by atoms with Gasteiger partial charge in [-0.3, -0.25) is 5.10 Å². The lowest BCUT2D eigenvalue weighted by atomic mass is 9.69. The first-order chi connectivity index (χ1) is 10.1. The van der Waals surface area contributed by atoms with Gasteiger partial charge in [0.1, 0.15) is 0 Å². The monoisotopic (exact) mass is 285 g/mol. The van der Waals surface area contributed by atoms with Crippen molar-refractivity contribution in [3.8, 4) is 0 Å². The number of nitrogens with zero attached hydrogens (tertiary/aromatic N) is 1. The Bertz CT molecular complexity index is 591. The van der Waals surface area contributed by atoms with Crippen LogP contribution in [-0.2, 0) is 0 Å². The predicted molar refractivity (Wildman–Crippen MR) is 89.5 cm³/mol. The molecule has 0 atom stereocenters. The summed E-state index contributed by atoms with van der Waals surface area (Å²) in [4.78, 5) is 0. The minimum absolute atomic E-state index is 0.494. The Labute approximate surface area is 127 Å². The summed E-state index contributed by atoms with van der Waals surface area (Å²) in [5, 5.41) is 12.2. The number of aromatic nitrogens is 2. The summed E-state index contributed by atoms with van der Waals surface area (Å²) in [6.45, 7) is 7.18. The molecular weight excluding hydrogens is 258 g/mol. The minimum Gasteiger partial charge on any atom is -0.381 e. The normalized spacial score (nSPS) is 23.4. The van der Waals surface area contributed by atoms with Crippen molar-refractivity contribution in [3.05, 3.63) is 24.4 Å². The Morgan fingerprint density at radius 3 is 2.71 bits per heavy atom. The molecule has 1 aromatic carbocycles. The van der Waals surface area contributed by atoms with Crippen molar-refractivity contribution in [2.45, 2.75) is 58.9 Å². The van der Waals surface area contributed by atoms with E-state index in [1.165, 1.54) is 43.2 Å². The second kappa shape index (κ2) is 5.70. The SMILES string of the molecule is CCC(C)(C)C1CCC(Nc2cccc3cn[nH]c23)CC1. The molecule has 1 aliphatic rings. The van der Waals surface area contributed by atoms with Crippen molar-refractivity contribution in [1.29, 1.82) is 0 Å². The van der Waals surface area contributed by atoms with Crippen molar-refractivity contribution in [3.63, 3.8) is 0 Å². The minimum atomic E-state index is 0.494. The number of H-pyrrole nitrogens is 1. The zero-order chi connectivity index (χ0) is 14.9. The van der Waals surface area contributed by atoms with E-state index in [2.05, 4.69) is 54.5 Å². The fourth-order valence-corrected chi connectivity index (χ4v) is 3.62. The fourth-order valence-electron chi connectivity index (χ4n) is 3.62. The van der Waals surface area contributed by atoms with Crippen LogP contribution >= 0.6 is 0 Å². The second-order valence-electron chi connectivity index (χ2n) is 7.17. The van der Waals surface area contributed by atoms with E-state index < -0.39 is 0 Å². The van der Waals surface area contributed by atoms with Crippen molar-refractivity contribution in [1.82, 2.24) is 10.2 Å². The fraction of sp³-hybridized carbons (Fsp3) is 0.611. The zero-order valence-electron chi connectivity index (χ0n) is 13.4. The number of aromatic amines is 1. The average molecular weight is 285 g/mol. The number of para-hydroxylation sites is 1. The lowest BCUT2D eigenvalue weighted by Crippen LogP contribution is -2.32. The number of benzene rings is 1. The van der Waals surface area contributed by atoms with Gasteiger partial charge >= 0.3 is 0 Å². The van der Waals surface area contributed by atoms with Crippen LogP contribution in [0, 0.1) is 11.3 Å². The molecule has 114 valence electrons. The molecule has 2 aromatic rings. The van der Waals surface area contributed by atoms with Gasteiger partial charge in [-0.15, -0.1) is 0 Å². The molecule has 1 heterocycles. The molecule has 1 saturated carbocycles. The molecule has 0 unspecified atom stereocenters. The Balaban J connectivity index is 1.64. The molecule has 0 spiro atoms. The van der Waals surface area contributed by atoms with Crippen molar-refractivity contribution in [2.75, 3.05) is 5.32 Å². The summed E-state index contributed by atoms with van der Waals surface area (Å²) in [5.41, 5.74) is 2.82. The van der Waals surface area contributed by atoms with Crippen LogP contribution in [-0.4, -0.2) is 16.2 Å². The molecule has 0 aliphatic heterocycles. The van der Waals surface area contributed by atoms with E-state index in [4.69, 9.17) is 0 Å². The molecule has 3 rings (SSSR count). The van der Waals surface area contributed by atoms with Gasteiger partial charge in [0.15, 0.2) is 0 Å². The van der Waals surface area contributed by atoms with Crippen LogP contribution in [0.4, 0.5) is 5.69 Å². The Hall–Kier alpha value is -1.51. The third-order valence-electron chi connectivity index (χ3n) is 5.58. The first kappa shape index (κ1) is 14.4. The molecule has 3 heteroatoms. The molecule has 21 heavy (non-hydrogen) atoms. The van der Waals surface area contributed by atoms with Crippen molar-refractivity contribution < 1.29 is 0 Å². The summed E-state index contributed by atoms with van der Waals surface area (Å²) < 4.78 is 0. The van der Waals surface area contributed by atoms with Gasteiger partial charge < -0.3 is 5.32 Å². The predicted octanol–water partition coefficient (Wildman–Crippen LogP) is 4.97. The zero-order valence-corrected chi connectivity index (χ0v) is 13.4. The summed E-state index contributed by atoms with van der Waals surface area (Å²) in [5.74, 6) is 0.878. The van der Waals surface area contributed by atoms with Gasteiger partial charge in [0.05, 0.1) is 17.4 Å². The molecule has 0 bridgehead atoms. The van der Waals surface area contributed by atoms with Crippen LogP contribution in [0.1, 0.15) is 52.9 Å². The van der Waals surface area contributed by atoms with Crippen LogP contribution in [0.2, 0.25) is 0 Å². The first-order valence-electron chi connectivity index (χ1n) is 8.29. The Kier molecular flexibility index (Phi) is 3.92. The number of nitrogens with one attached hydrogen (secondary N) is 2. The van der Waals surface area contributed by atoms with E-state index in [1.54, 1.807) is 0 Å². The number of anilines is 1. The van der Waals surface area contributed by atoms with E-state index >= 15 is 0 Å². The topological polar surface area (TPSA) is 40.7 Å². The average Bonchev–Trinajstić information content (AvgIpc) is 2.97. The van der Waals surface area contributed by atoms with Crippen LogP contribution in [0.5, 0.6) is 0 Å². The third kappa shape index (κ3) is 2.92. The molecule has 3 nitrogen and oxygen atoms in total. The van der Waals surface area contributed by atoms with Gasteiger partial charge in [-0.25, -0.2) is 0 Å². The highest BCUT2D eigenvalue weighted by molar-refractivity contribution is 5.89. The molecule has 1 aliphatic carbocycles. The largest absolute Gasteiger partial charge is 0.381 e. The van der Waals surface area contributed by atoms with Gasteiger partial charge in [-0.1, -0.05) is 39.3 Å². The maximum atomic E-state index is 4.15. The maximum Gasteiger partial charge on any atom is 0.0881 e. The first-order valence-corrected chi connectivity index (χ1v) is 8.29. The number of hydrogen-bond acceptors (Lipinski definition) is 2. The Morgan fingerprint density at radius 2 is 2.00 bits per heavy atom. The molecule has 1 aromatic heterocycles. The highest BCUT2D eigenvalue weighted by atomic mass is 15.1. The lowest BCUT2D eigenvalue weighted by molar-refractivity contribution is 0.148. The smallest absolute Gasteiger partial charge is 0.0881 e. The molecule has 2 N–H and O–H groups in total. The summed E-state index contributed by atoms with van der Waals surface area (Å²) in [7, 11) is 0. The van der Waals surface area contributed by atoms with Crippen LogP contribution in [0.3, 0.4) is 0 Å². The van der Waals surface area contributed by atoms with Gasteiger partial charge in [0, 0.05) is 11.4 Å². The Morgan fingerprint density at radius 1 is 1.24 bits per heavy atom. The summed E-state index contributed by atoms with van der Waals surface area (Å²) >= 11 is 0. The quantitative estimate of drug-likeness (QED) is 0.832. The van der Waals surface area contributed by atoms with Gasteiger partial charge in [0.2, 0.25) is 0 Å². The summed E-state index contributed by atoms with van der Waals surface area (Å²) in [6, 6.07) is 6.96. The van der Waals surface area contributed by atoms with Crippen LogP contribution in [0.25, 0.3) is 10.9 Å². The summed E-state index contributed by atoms with van der Waals surface area (Å²) in [6.07, 6.45) is 8.41.